The Morgan fingerprint density at radius 3 is 2.39 bits per heavy atom. The lowest BCUT2D eigenvalue weighted by Gasteiger charge is -2.32. The molecule has 176 valence electrons. The molecule has 0 aromatic heterocycles. The van der Waals surface area contributed by atoms with Gasteiger partial charge < -0.3 is 25.8 Å². The van der Waals surface area contributed by atoms with Gasteiger partial charge in [0.25, 0.3) is 0 Å². The van der Waals surface area contributed by atoms with Crippen LogP contribution in [0, 0.1) is 5.92 Å². The molecule has 1 aliphatic rings. The summed E-state index contributed by atoms with van der Waals surface area (Å²) in [6, 6.07) is 0. The molecule has 31 heavy (non-hydrogen) atoms. The third kappa shape index (κ3) is 11.8. The predicted octanol–water partition coefficient (Wildman–Crippen LogP) is 3.38. The minimum absolute atomic E-state index is 0.286. The highest BCUT2D eigenvalue weighted by Crippen LogP contribution is 2.35. The van der Waals surface area contributed by atoms with Crippen LogP contribution in [0.3, 0.4) is 0 Å². The summed E-state index contributed by atoms with van der Waals surface area (Å²) in [4.78, 5) is 4.67. The first-order valence-electron chi connectivity index (χ1n) is 11.3. The molecule has 4 N–H and O–H groups in total. The Kier molecular flexibility index (Phi) is 12.0. The minimum Gasteiger partial charge on any atom is -0.373 e. The van der Waals surface area contributed by atoms with Gasteiger partial charge in [0.2, 0.25) is 0 Å². The number of aliphatic imine (C=N–C) groups is 1. The van der Waals surface area contributed by atoms with E-state index in [1.807, 2.05) is 26.8 Å². The van der Waals surface area contributed by atoms with Gasteiger partial charge in [0.15, 0.2) is 0 Å². The van der Waals surface area contributed by atoms with Crippen molar-refractivity contribution in [1.29, 1.82) is 0 Å². The summed E-state index contributed by atoms with van der Waals surface area (Å²) in [5.74, 6) is 6.24. The molecule has 0 saturated heterocycles. The number of hydrogen-bond donors (Lipinski definition) is 2. The maximum Gasteiger partial charge on any atom is 0.113 e. The van der Waals surface area contributed by atoms with E-state index < -0.39 is 5.72 Å². The number of nitrogens with zero attached hydrogens (tertiary/aromatic N) is 2. The highest BCUT2D eigenvalue weighted by molar-refractivity contribution is 6.31. The maximum absolute atomic E-state index is 6.03. The zero-order valence-corrected chi connectivity index (χ0v) is 20.1. The van der Waals surface area contributed by atoms with Crippen LogP contribution in [0.2, 0.25) is 6.32 Å². The lowest BCUT2D eigenvalue weighted by molar-refractivity contribution is -0.0853. The van der Waals surface area contributed by atoms with Crippen molar-refractivity contribution < 1.29 is 14.2 Å². The second kappa shape index (κ2) is 13.4. The smallest absolute Gasteiger partial charge is 0.113 e. The van der Waals surface area contributed by atoms with Crippen LogP contribution in [0.5, 0.6) is 0 Å². The van der Waals surface area contributed by atoms with Gasteiger partial charge in [-0.2, -0.15) is 5.10 Å². The Bertz CT molecular complexity index is 591. The van der Waals surface area contributed by atoms with E-state index in [9.17, 15) is 0 Å². The van der Waals surface area contributed by atoms with E-state index in [-0.39, 0.29) is 17.7 Å². The molecular formula is C23H43BN4O3. The molecule has 1 aliphatic carbocycles. The summed E-state index contributed by atoms with van der Waals surface area (Å²) in [7, 11) is 5.54. The molecule has 0 amide bonds. The Morgan fingerprint density at radius 1 is 1.13 bits per heavy atom. The zero-order chi connectivity index (χ0) is 23.4. The fourth-order valence-corrected chi connectivity index (χ4v) is 3.31. The molecule has 2 radical (unpaired) electrons. The van der Waals surface area contributed by atoms with Gasteiger partial charge in [-0.1, -0.05) is 31.7 Å². The van der Waals surface area contributed by atoms with Crippen molar-refractivity contribution in [3.63, 3.8) is 0 Å². The molecule has 1 saturated carbocycles. The minimum atomic E-state index is -0.701. The molecule has 0 bridgehead atoms. The number of rotatable bonds is 17. The average molecular weight is 434 g/mol. The second-order valence-corrected chi connectivity index (χ2v) is 9.55. The molecule has 8 heteroatoms. The summed E-state index contributed by atoms with van der Waals surface area (Å²) in [5.41, 5.74) is 5.29. The van der Waals surface area contributed by atoms with Gasteiger partial charge in [-0.25, -0.2) is 0 Å². The van der Waals surface area contributed by atoms with Crippen LogP contribution in [-0.2, 0) is 14.2 Å². The third-order valence-electron chi connectivity index (χ3n) is 5.79. The number of hydrazone groups is 1. The Hall–Kier alpha value is -1.22. The van der Waals surface area contributed by atoms with Crippen molar-refractivity contribution in [1.82, 2.24) is 0 Å². The molecule has 1 fully saturated rings. The first kappa shape index (κ1) is 27.8. The molecular weight excluding hydrogens is 391 g/mol. The van der Waals surface area contributed by atoms with Crippen molar-refractivity contribution in [3.8, 4) is 0 Å². The van der Waals surface area contributed by atoms with Gasteiger partial charge >= 0.3 is 0 Å². The molecule has 2 unspecified atom stereocenters. The van der Waals surface area contributed by atoms with E-state index in [0.29, 0.717) is 44.7 Å². The summed E-state index contributed by atoms with van der Waals surface area (Å²) in [6.07, 6.45) is 10.3. The van der Waals surface area contributed by atoms with E-state index in [1.165, 1.54) is 19.3 Å². The van der Waals surface area contributed by atoms with Crippen LogP contribution in [-0.4, -0.2) is 63.1 Å². The number of hydrogen-bond acceptors (Lipinski definition) is 7. The molecule has 0 spiro atoms. The summed E-state index contributed by atoms with van der Waals surface area (Å²) < 4.78 is 17.3. The average Bonchev–Trinajstić information content (AvgIpc) is 2.66. The fraction of sp³-hybridized carbons (Fsp3) is 0.826. The van der Waals surface area contributed by atoms with Crippen LogP contribution in [0.4, 0.5) is 0 Å². The van der Waals surface area contributed by atoms with Gasteiger partial charge in [0.1, 0.15) is 11.4 Å². The first-order chi connectivity index (χ1) is 14.5. The largest absolute Gasteiger partial charge is 0.373 e. The first-order valence-corrected chi connectivity index (χ1v) is 11.3. The quantitative estimate of drug-likeness (QED) is 0.0695. The summed E-state index contributed by atoms with van der Waals surface area (Å²) in [5, 5.41) is 3.79. The van der Waals surface area contributed by atoms with E-state index >= 15 is 0 Å². The Morgan fingerprint density at radius 2 is 1.84 bits per heavy atom. The predicted molar refractivity (Wildman–Crippen MR) is 130 cm³/mol. The van der Waals surface area contributed by atoms with Crippen molar-refractivity contribution in [2.24, 2.45) is 27.6 Å². The topological polar surface area (TPSA) is 104 Å². The molecule has 0 aromatic rings. The zero-order valence-electron chi connectivity index (χ0n) is 20.1. The van der Waals surface area contributed by atoms with Gasteiger partial charge in [0.05, 0.1) is 45.4 Å². The highest BCUT2D eigenvalue weighted by Gasteiger charge is 2.28. The number of nitrogens with two attached hydrogens (primary N) is 2. The standard InChI is InChI=1S/C23H43BN4O3/c1-6-22(4,16-19-8-7-9-19)27-17-20(28-26)18-29-14-15-30-21(2,3)11-13-31-23(5,25)10-12-24/h6,17,19H,1,7-16,18,25-26H2,2-5H3. The number of ether oxygens (including phenoxy) is 3. The van der Waals surface area contributed by atoms with Crippen molar-refractivity contribution in [3.05, 3.63) is 12.7 Å². The molecule has 0 aliphatic heterocycles. The molecule has 7 nitrogen and oxygen atoms in total. The van der Waals surface area contributed by atoms with E-state index in [1.54, 1.807) is 6.21 Å². The Balaban J connectivity index is 2.29. The normalized spacial score (nSPS) is 19.7. The summed E-state index contributed by atoms with van der Waals surface area (Å²) >= 11 is 0. The fourth-order valence-electron chi connectivity index (χ4n) is 3.31. The lowest BCUT2D eigenvalue weighted by Crippen LogP contribution is -2.40. The van der Waals surface area contributed by atoms with Crippen LogP contribution in [0.15, 0.2) is 22.7 Å². The highest BCUT2D eigenvalue weighted by atomic mass is 16.5. The molecule has 1 rings (SSSR count). The Labute approximate surface area is 190 Å². The van der Waals surface area contributed by atoms with Crippen LogP contribution in [0.1, 0.15) is 66.2 Å². The van der Waals surface area contributed by atoms with E-state index in [4.69, 9.17) is 33.6 Å². The van der Waals surface area contributed by atoms with Crippen molar-refractivity contribution in [2.75, 3.05) is 26.4 Å². The molecule has 0 aromatic carbocycles. The molecule has 0 heterocycles. The van der Waals surface area contributed by atoms with E-state index in [0.717, 1.165) is 12.3 Å². The summed E-state index contributed by atoms with van der Waals surface area (Å²) in [6.45, 7) is 13.6. The monoisotopic (exact) mass is 434 g/mol. The van der Waals surface area contributed by atoms with Crippen molar-refractivity contribution >= 4 is 19.8 Å². The lowest BCUT2D eigenvalue weighted by atomic mass is 9.77. The van der Waals surface area contributed by atoms with Gasteiger partial charge in [-0.3, -0.25) is 4.99 Å². The van der Waals surface area contributed by atoms with Crippen molar-refractivity contribution in [2.45, 2.75) is 89.4 Å². The van der Waals surface area contributed by atoms with Gasteiger partial charge in [0, 0.05) is 6.21 Å². The van der Waals surface area contributed by atoms with Crippen LogP contribution < -0.4 is 11.6 Å². The van der Waals surface area contributed by atoms with Gasteiger partial charge in [-0.05, 0) is 52.9 Å². The van der Waals surface area contributed by atoms with Crippen LogP contribution >= 0.6 is 0 Å². The second-order valence-electron chi connectivity index (χ2n) is 9.55. The third-order valence-corrected chi connectivity index (χ3v) is 5.79. The maximum atomic E-state index is 6.03. The van der Waals surface area contributed by atoms with E-state index in [2.05, 4.69) is 23.6 Å². The SMILES string of the molecule is [B]CCC(C)(N)OCCC(C)(C)OCCOCC(C=NC(C)(C=C)CC1CCC1)=NN. The van der Waals surface area contributed by atoms with Crippen LogP contribution in [0.25, 0.3) is 0 Å². The molecule has 2 atom stereocenters. The van der Waals surface area contributed by atoms with Gasteiger partial charge in [-0.15, -0.1) is 6.58 Å².